The van der Waals surface area contributed by atoms with Crippen LogP contribution in [0.1, 0.15) is 11.4 Å². The average Bonchev–Trinajstić information content (AvgIpc) is 2.48. The molecule has 2 aromatic heterocycles. The molecule has 0 radical (unpaired) electrons. The minimum Gasteiger partial charge on any atom is -0.397 e. The van der Waals surface area contributed by atoms with Crippen LogP contribution in [0.5, 0.6) is 0 Å². The van der Waals surface area contributed by atoms with Gasteiger partial charge >= 0.3 is 0 Å². The maximum atomic E-state index is 5.63. The molecule has 0 saturated carbocycles. The van der Waals surface area contributed by atoms with Crippen LogP contribution < -0.4 is 5.73 Å². The van der Waals surface area contributed by atoms with Gasteiger partial charge in [-0.25, -0.2) is 4.68 Å². The van der Waals surface area contributed by atoms with Crippen LogP contribution in [0.15, 0.2) is 18.5 Å². The lowest BCUT2D eigenvalue weighted by atomic mass is 10.3. The summed E-state index contributed by atoms with van der Waals surface area (Å²) in [4.78, 5) is 4.00. The van der Waals surface area contributed by atoms with E-state index >= 15 is 0 Å². The molecule has 0 unspecified atom stereocenters. The van der Waals surface area contributed by atoms with Gasteiger partial charge in [-0.05, 0) is 19.9 Å². The minimum absolute atomic E-state index is 0.620. The summed E-state index contributed by atoms with van der Waals surface area (Å²) in [6.45, 7) is 3.87. The van der Waals surface area contributed by atoms with E-state index in [1.54, 1.807) is 17.1 Å². The first kappa shape index (κ1) is 8.68. The Morgan fingerprint density at radius 1 is 1.29 bits per heavy atom. The molecule has 0 aliphatic carbocycles. The van der Waals surface area contributed by atoms with Crippen LogP contribution in [0.2, 0.25) is 0 Å². The number of anilines is 1. The molecule has 2 heterocycles. The summed E-state index contributed by atoms with van der Waals surface area (Å²) in [5, 5.41) is 7.96. The van der Waals surface area contributed by atoms with E-state index in [-0.39, 0.29) is 0 Å². The molecule has 2 aromatic rings. The van der Waals surface area contributed by atoms with E-state index in [2.05, 4.69) is 15.3 Å². The van der Waals surface area contributed by atoms with Crippen LogP contribution in [0.25, 0.3) is 5.69 Å². The standard InChI is InChI=1S/C9H11N5/c1-6-7(2)14(13-12-6)9-3-8(10)4-11-5-9/h3-5H,10H2,1-2H3. The molecule has 0 atom stereocenters. The lowest BCUT2D eigenvalue weighted by Crippen LogP contribution is -2.01. The Morgan fingerprint density at radius 2 is 2.07 bits per heavy atom. The Bertz CT molecular complexity index is 460. The second kappa shape index (κ2) is 3.10. The molecule has 0 aliphatic heterocycles. The van der Waals surface area contributed by atoms with Crippen LogP contribution >= 0.6 is 0 Å². The zero-order chi connectivity index (χ0) is 10.1. The number of nitrogens with zero attached hydrogens (tertiary/aromatic N) is 4. The molecule has 0 fully saturated rings. The number of nitrogen functional groups attached to an aromatic ring is 1. The Morgan fingerprint density at radius 3 is 2.64 bits per heavy atom. The molecular weight excluding hydrogens is 178 g/mol. The molecule has 5 heteroatoms. The summed E-state index contributed by atoms with van der Waals surface area (Å²) in [6.07, 6.45) is 3.31. The third-order valence-electron chi connectivity index (χ3n) is 2.12. The zero-order valence-corrected chi connectivity index (χ0v) is 8.10. The van der Waals surface area contributed by atoms with Gasteiger partial charge in [-0.2, -0.15) is 0 Å². The Balaban J connectivity index is 2.55. The first-order valence-electron chi connectivity index (χ1n) is 4.28. The molecule has 2 rings (SSSR count). The predicted molar refractivity (Wildman–Crippen MR) is 53.0 cm³/mol. The Kier molecular flexibility index (Phi) is 1.92. The van der Waals surface area contributed by atoms with Gasteiger partial charge in [-0.1, -0.05) is 5.21 Å². The van der Waals surface area contributed by atoms with Crippen LogP contribution in [0.4, 0.5) is 5.69 Å². The van der Waals surface area contributed by atoms with E-state index in [9.17, 15) is 0 Å². The van der Waals surface area contributed by atoms with Crippen LogP contribution in [-0.2, 0) is 0 Å². The van der Waals surface area contributed by atoms with Crippen molar-refractivity contribution >= 4 is 5.69 Å². The van der Waals surface area contributed by atoms with Gasteiger partial charge in [0, 0.05) is 6.20 Å². The second-order valence-electron chi connectivity index (χ2n) is 3.15. The maximum absolute atomic E-state index is 5.63. The monoisotopic (exact) mass is 189 g/mol. The molecule has 0 amide bonds. The minimum atomic E-state index is 0.620. The van der Waals surface area contributed by atoms with Gasteiger partial charge in [0.2, 0.25) is 0 Å². The molecule has 2 N–H and O–H groups in total. The largest absolute Gasteiger partial charge is 0.397 e. The fourth-order valence-electron chi connectivity index (χ4n) is 1.21. The number of hydrogen-bond acceptors (Lipinski definition) is 4. The SMILES string of the molecule is Cc1nnn(-c2cncc(N)c2)c1C. The molecule has 0 aromatic carbocycles. The third kappa shape index (κ3) is 1.32. The Labute approximate surface area is 81.6 Å². The van der Waals surface area contributed by atoms with Crippen molar-refractivity contribution < 1.29 is 0 Å². The smallest absolute Gasteiger partial charge is 0.0870 e. The van der Waals surface area contributed by atoms with E-state index in [0.29, 0.717) is 5.69 Å². The van der Waals surface area contributed by atoms with Gasteiger partial charge in [0.05, 0.1) is 29.0 Å². The predicted octanol–water partition coefficient (Wildman–Crippen LogP) is 0.861. The van der Waals surface area contributed by atoms with E-state index < -0.39 is 0 Å². The fourth-order valence-corrected chi connectivity index (χ4v) is 1.21. The van der Waals surface area contributed by atoms with Crippen LogP contribution in [0.3, 0.4) is 0 Å². The van der Waals surface area contributed by atoms with Gasteiger partial charge in [0.25, 0.3) is 0 Å². The van der Waals surface area contributed by atoms with Gasteiger partial charge in [0.1, 0.15) is 0 Å². The van der Waals surface area contributed by atoms with Crippen molar-refractivity contribution in [2.75, 3.05) is 5.73 Å². The van der Waals surface area contributed by atoms with Crippen LogP contribution in [0, 0.1) is 13.8 Å². The van der Waals surface area contributed by atoms with Gasteiger partial charge < -0.3 is 5.73 Å². The van der Waals surface area contributed by atoms with E-state index in [1.165, 1.54) is 0 Å². The first-order valence-corrected chi connectivity index (χ1v) is 4.28. The van der Waals surface area contributed by atoms with E-state index in [1.807, 2.05) is 19.9 Å². The van der Waals surface area contributed by atoms with Crippen molar-refractivity contribution in [1.82, 2.24) is 20.0 Å². The number of pyridine rings is 1. The summed E-state index contributed by atoms with van der Waals surface area (Å²) in [6, 6.07) is 1.81. The highest BCUT2D eigenvalue weighted by Gasteiger charge is 2.06. The quantitative estimate of drug-likeness (QED) is 0.722. The van der Waals surface area contributed by atoms with Crippen molar-refractivity contribution in [3.8, 4) is 5.69 Å². The molecule has 72 valence electrons. The molecule has 0 aliphatic rings. The maximum Gasteiger partial charge on any atom is 0.0870 e. The molecule has 14 heavy (non-hydrogen) atoms. The molecule has 5 nitrogen and oxygen atoms in total. The number of aromatic nitrogens is 4. The Hall–Kier alpha value is -1.91. The highest BCUT2D eigenvalue weighted by atomic mass is 15.4. The lowest BCUT2D eigenvalue weighted by Gasteiger charge is -2.02. The topological polar surface area (TPSA) is 69.6 Å². The highest BCUT2D eigenvalue weighted by Crippen LogP contribution is 2.12. The number of rotatable bonds is 1. The van der Waals surface area contributed by atoms with Crippen molar-refractivity contribution in [3.05, 3.63) is 29.8 Å². The summed E-state index contributed by atoms with van der Waals surface area (Å²) >= 11 is 0. The lowest BCUT2D eigenvalue weighted by molar-refractivity contribution is 0.781. The van der Waals surface area contributed by atoms with Crippen LogP contribution in [-0.4, -0.2) is 20.0 Å². The summed E-state index contributed by atoms with van der Waals surface area (Å²) < 4.78 is 1.72. The van der Waals surface area contributed by atoms with Crippen molar-refractivity contribution in [2.24, 2.45) is 0 Å². The molecule has 0 saturated heterocycles. The van der Waals surface area contributed by atoms with E-state index in [4.69, 9.17) is 5.73 Å². The summed E-state index contributed by atoms with van der Waals surface area (Å²) in [5.74, 6) is 0. The zero-order valence-electron chi connectivity index (χ0n) is 8.10. The molecular formula is C9H11N5. The average molecular weight is 189 g/mol. The third-order valence-corrected chi connectivity index (χ3v) is 2.12. The molecule has 0 bridgehead atoms. The summed E-state index contributed by atoms with van der Waals surface area (Å²) in [7, 11) is 0. The van der Waals surface area contributed by atoms with Crippen molar-refractivity contribution in [3.63, 3.8) is 0 Å². The fraction of sp³-hybridized carbons (Fsp3) is 0.222. The van der Waals surface area contributed by atoms with Gasteiger partial charge in [-0.3, -0.25) is 4.98 Å². The highest BCUT2D eigenvalue weighted by molar-refractivity contribution is 5.44. The number of aryl methyl sites for hydroxylation is 1. The van der Waals surface area contributed by atoms with Gasteiger partial charge in [0.15, 0.2) is 0 Å². The van der Waals surface area contributed by atoms with Crippen molar-refractivity contribution in [2.45, 2.75) is 13.8 Å². The summed E-state index contributed by atoms with van der Waals surface area (Å²) in [5.41, 5.74) is 8.99. The van der Waals surface area contributed by atoms with Crippen molar-refractivity contribution in [1.29, 1.82) is 0 Å². The van der Waals surface area contributed by atoms with Gasteiger partial charge in [-0.15, -0.1) is 5.10 Å². The number of nitrogens with two attached hydrogens (primary N) is 1. The second-order valence-corrected chi connectivity index (χ2v) is 3.15. The first-order chi connectivity index (χ1) is 6.68. The normalized spacial score (nSPS) is 10.4. The van der Waals surface area contributed by atoms with E-state index in [0.717, 1.165) is 17.1 Å². The molecule has 0 spiro atoms. The number of hydrogen-bond donors (Lipinski definition) is 1.